The monoisotopic (exact) mass is 415 g/mol. The van der Waals surface area contributed by atoms with Crippen LogP contribution < -0.4 is 14.2 Å². The summed E-state index contributed by atoms with van der Waals surface area (Å²) < 4.78 is 17.4. The Hall–Kier alpha value is -3.94. The maximum atomic E-state index is 6.06. The Morgan fingerprint density at radius 1 is 1.00 bits per heavy atom. The topological polar surface area (TPSA) is 95.0 Å². The van der Waals surface area contributed by atoms with Crippen LogP contribution in [0.15, 0.2) is 42.9 Å². The number of hydrogen-bond donors (Lipinski definition) is 1. The van der Waals surface area contributed by atoms with E-state index in [9.17, 15) is 0 Å². The molecule has 0 aliphatic carbocycles. The summed E-state index contributed by atoms with van der Waals surface area (Å²) in [6.07, 6.45) is 8.66. The zero-order valence-corrected chi connectivity index (χ0v) is 17.0. The second-order valence-electron chi connectivity index (χ2n) is 7.06. The molecule has 4 aromatic rings. The quantitative estimate of drug-likeness (QED) is 0.499. The zero-order valence-electron chi connectivity index (χ0n) is 17.0. The van der Waals surface area contributed by atoms with Crippen LogP contribution in [0.1, 0.15) is 24.1 Å². The van der Waals surface area contributed by atoms with Gasteiger partial charge in [-0.25, -0.2) is 9.97 Å². The van der Waals surface area contributed by atoms with Crippen LogP contribution >= 0.6 is 0 Å². The molecule has 8 nitrogen and oxygen atoms in total. The molecule has 0 radical (unpaired) electrons. The minimum atomic E-state index is 0.446. The van der Waals surface area contributed by atoms with Crippen molar-refractivity contribution in [2.45, 2.75) is 12.8 Å². The molecule has 31 heavy (non-hydrogen) atoms. The maximum Gasteiger partial charge on any atom is 0.227 e. The number of H-pyrrole nitrogens is 1. The number of pyridine rings is 1. The van der Waals surface area contributed by atoms with Gasteiger partial charge in [0.1, 0.15) is 12.1 Å². The standard InChI is InChI=1S/C23H21N5O3/c1-29-22-16-8-9-18-17-12-19(24-13-20(17)28-27-18)15-6-2-3-7-21(15)30-10-4-5-11-31-23(16)26-14-25-22/h2-3,6-9,12-14H,4-5,10-11H2,1H3,(H,27,28)/b9-8+. The van der Waals surface area contributed by atoms with Crippen LogP contribution in [0.4, 0.5) is 0 Å². The van der Waals surface area contributed by atoms with Crippen molar-refractivity contribution in [2.24, 2.45) is 0 Å². The van der Waals surface area contributed by atoms with E-state index in [0.29, 0.717) is 30.5 Å². The van der Waals surface area contributed by atoms with E-state index in [-0.39, 0.29) is 0 Å². The molecule has 5 rings (SSSR count). The maximum absolute atomic E-state index is 6.06. The summed E-state index contributed by atoms with van der Waals surface area (Å²) in [7, 11) is 1.58. The van der Waals surface area contributed by atoms with Crippen molar-refractivity contribution in [1.29, 1.82) is 0 Å². The van der Waals surface area contributed by atoms with E-state index in [4.69, 9.17) is 14.2 Å². The molecule has 0 spiro atoms. The van der Waals surface area contributed by atoms with Crippen LogP contribution in [0.25, 0.3) is 34.3 Å². The molecule has 1 N–H and O–H groups in total. The van der Waals surface area contributed by atoms with Crippen LogP contribution in [-0.4, -0.2) is 45.5 Å². The van der Waals surface area contributed by atoms with E-state index in [0.717, 1.165) is 46.4 Å². The smallest absolute Gasteiger partial charge is 0.227 e. The van der Waals surface area contributed by atoms with Crippen LogP contribution in [0, 0.1) is 0 Å². The fraction of sp³-hybridized carbons (Fsp3) is 0.217. The minimum absolute atomic E-state index is 0.446. The predicted octanol–water partition coefficient (Wildman–Crippen LogP) is 4.15. The molecule has 1 aliphatic rings. The average Bonchev–Trinajstić information content (AvgIpc) is 3.22. The molecule has 3 aromatic heterocycles. The Labute approximate surface area is 178 Å². The third-order valence-electron chi connectivity index (χ3n) is 5.09. The molecule has 0 amide bonds. The first-order valence-electron chi connectivity index (χ1n) is 10.1. The Morgan fingerprint density at radius 2 is 1.87 bits per heavy atom. The van der Waals surface area contributed by atoms with E-state index < -0.39 is 0 Å². The molecule has 4 heterocycles. The lowest BCUT2D eigenvalue weighted by molar-refractivity contribution is 0.259. The Bertz CT molecular complexity index is 1250. The van der Waals surface area contributed by atoms with E-state index in [1.165, 1.54) is 6.33 Å². The van der Waals surface area contributed by atoms with Crippen LogP contribution in [0.5, 0.6) is 17.5 Å². The van der Waals surface area contributed by atoms with Gasteiger partial charge in [0.2, 0.25) is 11.8 Å². The molecule has 156 valence electrons. The summed E-state index contributed by atoms with van der Waals surface area (Å²) in [5.74, 6) is 1.73. The average molecular weight is 415 g/mol. The zero-order chi connectivity index (χ0) is 21.0. The van der Waals surface area contributed by atoms with Gasteiger partial charge in [-0.05, 0) is 43.2 Å². The predicted molar refractivity (Wildman–Crippen MR) is 117 cm³/mol. The SMILES string of the molecule is COc1ncnc2c1/C=C/c1n[nH]c3cnc(cc13)-c1ccccc1OCCCCO2. The first-order valence-corrected chi connectivity index (χ1v) is 10.1. The fourth-order valence-electron chi connectivity index (χ4n) is 3.52. The number of nitrogens with zero attached hydrogens (tertiary/aromatic N) is 4. The summed E-state index contributed by atoms with van der Waals surface area (Å²) in [6, 6.07) is 9.96. The number of methoxy groups -OCH3 is 1. The van der Waals surface area contributed by atoms with Crippen LogP contribution in [0.2, 0.25) is 0 Å². The largest absolute Gasteiger partial charge is 0.493 e. The molecular weight excluding hydrogens is 394 g/mol. The third-order valence-corrected chi connectivity index (χ3v) is 5.09. The van der Waals surface area contributed by atoms with Gasteiger partial charge < -0.3 is 14.2 Å². The van der Waals surface area contributed by atoms with E-state index in [2.05, 4.69) is 25.1 Å². The fourth-order valence-corrected chi connectivity index (χ4v) is 3.52. The molecule has 1 aromatic carbocycles. The number of aromatic nitrogens is 5. The number of ether oxygens (including phenoxy) is 3. The number of aromatic amines is 1. The molecule has 0 saturated carbocycles. The number of nitrogens with one attached hydrogen (secondary N) is 1. The van der Waals surface area contributed by atoms with Crippen molar-refractivity contribution in [3.63, 3.8) is 0 Å². The number of hydrogen-bond acceptors (Lipinski definition) is 7. The number of benzene rings is 1. The highest BCUT2D eigenvalue weighted by Gasteiger charge is 2.14. The Balaban J connectivity index is 1.64. The first-order chi connectivity index (χ1) is 15.3. The van der Waals surface area contributed by atoms with Gasteiger partial charge in [-0.3, -0.25) is 10.1 Å². The van der Waals surface area contributed by atoms with Crippen LogP contribution in [0.3, 0.4) is 0 Å². The normalized spacial score (nSPS) is 14.9. The van der Waals surface area contributed by atoms with Crippen molar-refractivity contribution in [3.05, 3.63) is 54.1 Å². The van der Waals surface area contributed by atoms with Gasteiger partial charge in [-0.15, -0.1) is 0 Å². The van der Waals surface area contributed by atoms with Crippen molar-refractivity contribution in [1.82, 2.24) is 25.1 Å². The molecule has 8 heteroatoms. The number of para-hydroxylation sites is 1. The lowest BCUT2D eigenvalue weighted by atomic mass is 10.1. The van der Waals surface area contributed by atoms with Gasteiger partial charge in [-0.1, -0.05) is 12.1 Å². The molecular formula is C23H21N5O3. The summed E-state index contributed by atoms with van der Waals surface area (Å²) in [4.78, 5) is 13.1. The minimum Gasteiger partial charge on any atom is -0.493 e. The van der Waals surface area contributed by atoms with E-state index >= 15 is 0 Å². The first kappa shape index (κ1) is 19.0. The van der Waals surface area contributed by atoms with Gasteiger partial charge >= 0.3 is 0 Å². The number of fused-ring (bicyclic) bond motifs is 4. The molecule has 0 atom stereocenters. The van der Waals surface area contributed by atoms with E-state index in [1.54, 1.807) is 13.3 Å². The highest BCUT2D eigenvalue weighted by atomic mass is 16.5. The van der Waals surface area contributed by atoms with Gasteiger partial charge in [0.25, 0.3) is 0 Å². The van der Waals surface area contributed by atoms with Crippen LogP contribution in [-0.2, 0) is 0 Å². The second kappa shape index (κ2) is 8.43. The lowest BCUT2D eigenvalue weighted by Gasteiger charge is -2.13. The van der Waals surface area contributed by atoms with Crippen molar-refractivity contribution in [2.75, 3.05) is 20.3 Å². The Morgan fingerprint density at radius 3 is 2.77 bits per heavy atom. The highest BCUT2D eigenvalue weighted by Crippen LogP contribution is 2.32. The van der Waals surface area contributed by atoms with Gasteiger partial charge in [-0.2, -0.15) is 5.10 Å². The Kier molecular flexibility index (Phi) is 5.18. The highest BCUT2D eigenvalue weighted by molar-refractivity contribution is 5.92. The second-order valence-corrected chi connectivity index (χ2v) is 7.06. The van der Waals surface area contributed by atoms with E-state index in [1.807, 2.05) is 42.5 Å². The van der Waals surface area contributed by atoms with Crippen molar-refractivity contribution < 1.29 is 14.2 Å². The molecule has 1 aliphatic heterocycles. The summed E-state index contributed by atoms with van der Waals surface area (Å²) >= 11 is 0. The van der Waals surface area contributed by atoms with Gasteiger partial charge in [0, 0.05) is 10.9 Å². The molecule has 0 saturated heterocycles. The van der Waals surface area contributed by atoms with Crippen molar-refractivity contribution >= 4 is 23.1 Å². The third kappa shape index (κ3) is 3.79. The van der Waals surface area contributed by atoms with Gasteiger partial charge in [0.05, 0.1) is 49.0 Å². The molecule has 0 unspecified atom stereocenters. The van der Waals surface area contributed by atoms with Crippen molar-refractivity contribution in [3.8, 4) is 28.8 Å². The number of rotatable bonds is 1. The molecule has 0 fully saturated rings. The summed E-state index contributed by atoms with van der Waals surface area (Å²) in [6.45, 7) is 1.10. The summed E-state index contributed by atoms with van der Waals surface area (Å²) in [5, 5.41) is 8.42. The summed E-state index contributed by atoms with van der Waals surface area (Å²) in [5.41, 5.74) is 4.06. The van der Waals surface area contributed by atoms with Gasteiger partial charge in [0.15, 0.2) is 0 Å². The lowest BCUT2D eigenvalue weighted by Crippen LogP contribution is -2.06. The molecule has 2 bridgehead atoms.